The first-order valence-electron chi connectivity index (χ1n) is 8.90. The molecule has 1 aromatic heterocycles. The van der Waals surface area contributed by atoms with Gasteiger partial charge in [0.15, 0.2) is 0 Å². The first-order chi connectivity index (χ1) is 12.1. The van der Waals surface area contributed by atoms with E-state index in [1.54, 1.807) is 18.4 Å². The number of aromatic nitrogens is 1. The van der Waals surface area contributed by atoms with Crippen LogP contribution in [0.3, 0.4) is 0 Å². The van der Waals surface area contributed by atoms with Crippen LogP contribution in [0.15, 0.2) is 18.2 Å². The fraction of sp³-hybridized carbons (Fsp3) is 0.526. The molecule has 1 fully saturated rings. The first-order valence-corrected chi connectivity index (χ1v) is 9.72. The van der Waals surface area contributed by atoms with Crippen molar-refractivity contribution in [1.29, 1.82) is 0 Å². The fourth-order valence-corrected chi connectivity index (χ4v) is 4.30. The molecule has 0 spiro atoms. The van der Waals surface area contributed by atoms with E-state index >= 15 is 0 Å². The van der Waals surface area contributed by atoms with Crippen LogP contribution in [-0.4, -0.2) is 23.9 Å². The third-order valence-corrected chi connectivity index (χ3v) is 5.75. The summed E-state index contributed by atoms with van der Waals surface area (Å²) in [7, 11) is 1.67. The predicted molar refractivity (Wildman–Crippen MR) is 98.8 cm³/mol. The zero-order valence-electron chi connectivity index (χ0n) is 14.5. The molecule has 3 rings (SSSR count). The molecule has 1 aromatic carbocycles. The van der Waals surface area contributed by atoms with E-state index in [4.69, 9.17) is 4.74 Å². The van der Waals surface area contributed by atoms with E-state index in [1.165, 1.54) is 0 Å². The number of hydrogen-bond acceptors (Lipinski definition) is 5. The summed E-state index contributed by atoms with van der Waals surface area (Å²) in [4.78, 5) is 28.3. The Hall–Kier alpha value is -1.95. The van der Waals surface area contributed by atoms with Crippen molar-refractivity contribution in [2.75, 3.05) is 7.11 Å². The van der Waals surface area contributed by atoms with E-state index in [2.05, 4.69) is 10.3 Å². The minimum Gasteiger partial charge on any atom is -0.497 e. The molecule has 1 aliphatic heterocycles. The molecule has 0 bridgehead atoms. The molecule has 1 unspecified atom stereocenters. The Morgan fingerprint density at radius 1 is 1.24 bits per heavy atom. The Morgan fingerprint density at radius 3 is 2.96 bits per heavy atom. The fourth-order valence-electron chi connectivity index (χ4n) is 3.29. The topological polar surface area (TPSA) is 68.3 Å². The minimum atomic E-state index is -0.134. The van der Waals surface area contributed by atoms with Gasteiger partial charge in [0.25, 0.3) is 0 Å². The zero-order valence-corrected chi connectivity index (χ0v) is 15.4. The van der Waals surface area contributed by atoms with Gasteiger partial charge in [0.05, 0.1) is 22.3 Å². The third kappa shape index (κ3) is 5.01. The number of imide groups is 1. The summed E-state index contributed by atoms with van der Waals surface area (Å²) in [5.41, 5.74) is 0.995. The number of nitrogens with zero attached hydrogens (tertiary/aromatic N) is 1. The lowest BCUT2D eigenvalue weighted by Crippen LogP contribution is -2.32. The number of aryl methyl sites for hydroxylation is 1. The molecule has 2 amide bonds. The molecule has 1 atom stereocenters. The van der Waals surface area contributed by atoms with Gasteiger partial charge in [-0.05, 0) is 49.8 Å². The number of methoxy groups -OCH3 is 1. The van der Waals surface area contributed by atoms with Crippen molar-refractivity contribution in [3.8, 4) is 5.75 Å². The Kier molecular flexibility index (Phi) is 6.02. The summed E-state index contributed by atoms with van der Waals surface area (Å²) in [5, 5.41) is 3.60. The maximum absolute atomic E-state index is 12.0. The van der Waals surface area contributed by atoms with Crippen molar-refractivity contribution in [2.24, 2.45) is 5.92 Å². The lowest BCUT2D eigenvalue weighted by Gasteiger charge is -2.17. The van der Waals surface area contributed by atoms with E-state index in [1.807, 2.05) is 18.2 Å². The highest BCUT2D eigenvalue weighted by atomic mass is 32.1. The maximum atomic E-state index is 12.0. The van der Waals surface area contributed by atoms with Crippen LogP contribution in [0, 0.1) is 5.92 Å². The molecular weight excluding hydrogens is 336 g/mol. The van der Waals surface area contributed by atoms with Crippen LogP contribution in [0.25, 0.3) is 10.2 Å². The molecule has 0 saturated carbocycles. The molecule has 2 heterocycles. The van der Waals surface area contributed by atoms with Gasteiger partial charge in [-0.2, -0.15) is 0 Å². The molecule has 0 aliphatic carbocycles. The van der Waals surface area contributed by atoms with Crippen LogP contribution in [0.4, 0.5) is 0 Å². The highest BCUT2D eigenvalue weighted by Gasteiger charge is 2.18. The van der Waals surface area contributed by atoms with Gasteiger partial charge in [-0.25, -0.2) is 4.98 Å². The number of rotatable bonds is 4. The molecule has 2 aromatic rings. The van der Waals surface area contributed by atoms with Crippen LogP contribution in [0.1, 0.15) is 50.0 Å². The summed E-state index contributed by atoms with van der Waals surface area (Å²) >= 11 is 1.69. The van der Waals surface area contributed by atoms with E-state index in [0.717, 1.165) is 59.5 Å². The standard InChI is InChI=1S/C19H24N2O3S/c1-24-14-8-9-15-16(12-14)25-19(20-15)10-7-13-5-3-2-4-6-17(22)21-18(23)11-13/h8-9,12-13H,2-7,10-11H2,1H3,(H,21,22,23). The number of amides is 2. The zero-order chi connectivity index (χ0) is 17.6. The van der Waals surface area contributed by atoms with Crippen LogP contribution < -0.4 is 10.1 Å². The van der Waals surface area contributed by atoms with Crippen molar-refractivity contribution < 1.29 is 14.3 Å². The van der Waals surface area contributed by atoms with Gasteiger partial charge in [0.2, 0.25) is 11.8 Å². The van der Waals surface area contributed by atoms with Gasteiger partial charge in [0.1, 0.15) is 5.75 Å². The summed E-state index contributed by atoms with van der Waals surface area (Å²) in [6, 6.07) is 5.92. The lowest BCUT2D eigenvalue weighted by atomic mass is 9.92. The quantitative estimate of drug-likeness (QED) is 0.841. The molecule has 1 saturated heterocycles. The number of carbonyl (C=O) groups is 2. The predicted octanol–water partition coefficient (Wildman–Crippen LogP) is 3.85. The van der Waals surface area contributed by atoms with Crippen molar-refractivity contribution in [3.05, 3.63) is 23.2 Å². The number of nitrogens with one attached hydrogen (secondary N) is 1. The molecule has 25 heavy (non-hydrogen) atoms. The second-order valence-electron chi connectivity index (χ2n) is 6.62. The minimum absolute atomic E-state index is 0.133. The molecular formula is C19H24N2O3S. The smallest absolute Gasteiger partial charge is 0.226 e. The van der Waals surface area contributed by atoms with Crippen LogP contribution >= 0.6 is 11.3 Å². The first kappa shape index (κ1) is 17.9. The monoisotopic (exact) mass is 360 g/mol. The van der Waals surface area contributed by atoms with Gasteiger partial charge in [-0.3, -0.25) is 14.9 Å². The molecule has 5 nitrogen and oxygen atoms in total. The molecule has 1 N–H and O–H groups in total. The van der Waals surface area contributed by atoms with Gasteiger partial charge in [-0.15, -0.1) is 11.3 Å². The lowest BCUT2D eigenvalue weighted by molar-refractivity contribution is -0.131. The Labute approximate surface area is 151 Å². The largest absolute Gasteiger partial charge is 0.497 e. The van der Waals surface area contributed by atoms with E-state index < -0.39 is 0 Å². The number of hydrogen-bond donors (Lipinski definition) is 1. The van der Waals surface area contributed by atoms with Gasteiger partial charge in [-0.1, -0.05) is 12.8 Å². The number of thiazole rings is 1. The summed E-state index contributed by atoms with van der Waals surface area (Å²) < 4.78 is 6.39. The van der Waals surface area contributed by atoms with Crippen molar-refractivity contribution in [2.45, 2.75) is 51.4 Å². The van der Waals surface area contributed by atoms with Gasteiger partial charge < -0.3 is 4.74 Å². The Morgan fingerprint density at radius 2 is 2.12 bits per heavy atom. The number of fused-ring (bicyclic) bond motifs is 1. The van der Waals surface area contributed by atoms with E-state index in [0.29, 0.717) is 18.8 Å². The third-order valence-electron chi connectivity index (χ3n) is 4.68. The van der Waals surface area contributed by atoms with Gasteiger partial charge in [0, 0.05) is 12.8 Å². The SMILES string of the molecule is COc1ccc2nc(CCC3CCCCCC(=O)NC(=O)C3)sc2c1. The van der Waals surface area contributed by atoms with E-state index in [-0.39, 0.29) is 11.8 Å². The number of benzene rings is 1. The Balaban J connectivity index is 1.62. The summed E-state index contributed by atoms with van der Waals surface area (Å²) in [6.07, 6.45) is 6.75. The second-order valence-corrected chi connectivity index (χ2v) is 7.74. The molecule has 0 radical (unpaired) electrons. The highest BCUT2D eigenvalue weighted by Crippen LogP contribution is 2.28. The average Bonchev–Trinajstić information content (AvgIpc) is 3.00. The van der Waals surface area contributed by atoms with Crippen LogP contribution in [-0.2, 0) is 16.0 Å². The maximum Gasteiger partial charge on any atom is 0.226 e. The van der Waals surface area contributed by atoms with Crippen LogP contribution in [0.2, 0.25) is 0 Å². The average molecular weight is 360 g/mol. The molecule has 1 aliphatic rings. The Bertz CT molecular complexity index is 756. The normalized spacial score (nSPS) is 19.6. The molecule has 134 valence electrons. The van der Waals surface area contributed by atoms with E-state index in [9.17, 15) is 9.59 Å². The second kappa shape index (κ2) is 8.43. The van der Waals surface area contributed by atoms with Crippen molar-refractivity contribution in [1.82, 2.24) is 10.3 Å². The van der Waals surface area contributed by atoms with Crippen molar-refractivity contribution in [3.63, 3.8) is 0 Å². The summed E-state index contributed by atoms with van der Waals surface area (Å²) in [5.74, 6) is 0.889. The van der Waals surface area contributed by atoms with Crippen LogP contribution in [0.5, 0.6) is 5.75 Å². The summed E-state index contributed by atoms with van der Waals surface area (Å²) in [6.45, 7) is 0. The van der Waals surface area contributed by atoms with Crippen molar-refractivity contribution >= 4 is 33.4 Å². The molecule has 6 heteroatoms. The highest BCUT2D eigenvalue weighted by molar-refractivity contribution is 7.18. The number of ether oxygens (including phenoxy) is 1. The number of carbonyl (C=O) groups excluding carboxylic acids is 2. The van der Waals surface area contributed by atoms with Gasteiger partial charge >= 0.3 is 0 Å².